The molecule has 6 heteroatoms. The predicted molar refractivity (Wildman–Crippen MR) is 150 cm³/mol. The second kappa shape index (κ2) is 14.7. The zero-order chi connectivity index (χ0) is 26.6. The second-order valence-electron chi connectivity index (χ2n) is 10.0. The molecular formula is C31H39FN2O2S. The zero-order valence-electron chi connectivity index (χ0n) is 22.3. The maximum atomic E-state index is 13.6. The number of rotatable bonds is 14. The molecule has 0 atom stereocenters. The number of carbonyl (C=O) groups excluding carboxylic acids is 2. The van der Waals surface area contributed by atoms with E-state index in [9.17, 15) is 14.0 Å². The molecule has 3 rings (SSSR count). The number of halogens is 1. The highest BCUT2D eigenvalue weighted by atomic mass is 32.1. The van der Waals surface area contributed by atoms with Crippen molar-refractivity contribution in [1.29, 1.82) is 0 Å². The summed E-state index contributed by atoms with van der Waals surface area (Å²) >= 11 is 1.59. The van der Waals surface area contributed by atoms with Crippen LogP contribution in [0.15, 0.2) is 66.0 Å². The number of thiophene rings is 1. The molecule has 0 fully saturated rings. The predicted octanol–water partition coefficient (Wildman–Crippen LogP) is 7.34. The van der Waals surface area contributed by atoms with Crippen LogP contribution in [-0.2, 0) is 24.3 Å². The van der Waals surface area contributed by atoms with Crippen LogP contribution in [0, 0.1) is 11.7 Å². The lowest BCUT2D eigenvalue weighted by Crippen LogP contribution is -2.43. The van der Waals surface area contributed by atoms with Gasteiger partial charge in [-0.3, -0.25) is 9.59 Å². The van der Waals surface area contributed by atoms with Crippen LogP contribution < -0.4 is 0 Å². The van der Waals surface area contributed by atoms with E-state index >= 15 is 0 Å². The molecule has 4 nitrogen and oxygen atoms in total. The molecule has 0 aliphatic rings. The van der Waals surface area contributed by atoms with Gasteiger partial charge in [0.15, 0.2) is 0 Å². The molecule has 0 aliphatic heterocycles. The number of aryl methyl sites for hydroxylation is 1. The van der Waals surface area contributed by atoms with Crippen molar-refractivity contribution in [3.63, 3.8) is 0 Å². The van der Waals surface area contributed by atoms with Gasteiger partial charge in [0.25, 0.3) is 5.91 Å². The van der Waals surface area contributed by atoms with Crippen molar-refractivity contribution < 1.29 is 14.0 Å². The second-order valence-corrected chi connectivity index (χ2v) is 11.1. The average molecular weight is 523 g/mol. The van der Waals surface area contributed by atoms with Gasteiger partial charge in [-0.2, -0.15) is 0 Å². The van der Waals surface area contributed by atoms with Gasteiger partial charge in [-0.25, -0.2) is 4.39 Å². The number of hydrogen-bond acceptors (Lipinski definition) is 3. The van der Waals surface area contributed by atoms with Crippen molar-refractivity contribution in [2.75, 3.05) is 13.1 Å². The van der Waals surface area contributed by atoms with Crippen LogP contribution in [0.2, 0.25) is 0 Å². The van der Waals surface area contributed by atoms with Gasteiger partial charge in [0.2, 0.25) is 5.91 Å². The minimum atomic E-state index is -0.305. The van der Waals surface area contributed by atoms with E-state index in [2.05, 4.69) is 6.92 Å². The third-order valence-corrected chi connectivity index (χ3v) is 7.15. The topological polar surface area (TPSA) is 40.6 Å². The van der Waals surface area contributed by atoms with Gasteiger partial charge < -0.3 is 9.80 Å². The van der Waals surface area contributed by atoms with Gasteiger partial charge in [-0.05, 0) is 65.6 Å². The summed E-state index contributed by atoms with van der Waals surface area (Å²) in [5, 5.41) is 1.98. The van der Waals surface area contributed by atoms with Gasteiger partial charge in [-0.15, -0.1) is 11.3 Å². The third-order valence-electron chi connectivity index (χ3n) is 6.28. The number of unbranched alkanes of at least 4 members (excludes halogenated alkanes) is 3. The van der Waals surface area contributed by atoms with Gasteiger partial charge in [-0.1, -0.05) is 70.4 Å². The fraction of sp³-hybridized carbons (Fsp3) is 0.419. The monoisotopic (exact) mass is 522 g/mol. The smallest absolute Gasteiger partial charge is 0.254 e. The first-order valence-corrected chi connectivity index (χ1v) is 14.2. The van der Waals surface area contributed by atoms with Crippen LogP contribution in [-0.4, -0.2) is 34.7 Å². The quantitative estimate of drug-likeness (QED) is 0.208. The largest absolute Gasteiger partial charge is 0.332 e. The van der Waals surface area contributed by atoms with E-state index in [1.165, 1.54) is 37.0 Å². The van der Waals surface area contributed by atoms with Crippen molar-refractivity contribution in [3.05, 3.63) is 93.4 Å². The zero-order valence-corrected chi connectivity index (χ0v) is 23.1. The Morgan fingerprint density at radius 3 is 2.19 bits per heavy atom. The van der Waals surface area contributed by atoms with E-state index in [1.54, 1.807) is 33.3 Å². The van der Waals surface area contributed by atoms with Gasteiger partial charge >= 0.3 is 0 Å². The van der Waals surface area contributed by atoms with Crippen molar-refractivity contribution in [2.45, 2.75) is 66.0 Å². The lowest BCUT2D eigenvalue weighted by molar-refractivity contribution is -0.133. The Morgan fingerprint density at radius 2 is 1.57 bits per heavy atom. The number of carbonyl (C=O) groups is 2. The molecule has 1 heterocycles. The molecule has 0 saturated carbocycles. The van der Waals surface area contributed by atoms with Gasteiger partial charge in [0, 0.05) is 23.5 Å². The van der Waals surface area contributed by atoms with Crippen LogP contribution in [0.1, 0.15) is 72.8 Å². The van der Waals surface area contributed by atoms with Crippen LogP contribution in [0.5, 0.6) is 0 Å². The fourth-order valence-electron chi connectivity index (χ4n) is 4.31. The Labute approximate surface area is 225 Å². The molecule has 37 heavy (non-hydrogen) atoms. The SMILES string of the molecule is CCCCCCc1ccc(C(=O)N(CC(=O)N(Cc2ccc(F)cc2)Cc2cccs2)CC(C)C)cc1. The van der Waals surface area contributed by atoms with E-state index in [0.29, 0.717) is 25.2 Å². The summed E-state index contributed by atoms with van der Waals surface area (Å²) in [6.07, 6.45) is 5.86. The number of hydrogen-bond donors (Lipinski definition) is 0. The Bertz CT molecular complexity index is 1100. The maximum Gasteiger partial charge on any atom is 0.254 e. The molecule has 0 spiro atoms. The Kier molecular flexibility index (Phi) is 11.3. The van der Waals surface area contributed by atoms with Crippen LogP contribution in [0.3, 0.4) is 0 Å². The van der Waals surface area contributed by atoms with Gasteiger partial charge in [0.05, 0.1) is 6.54 Å². The summed E-state index contributed by atoms with van der Waals surface area (Å²) in [5.41, 5.74) is 2.69. The van der Waals surface area contributed by atoms with Crippen molar-refractivity contribution in [2.24, 2.45) is 5.92 Å². The molecule has 0 aliphatic carbocycles. The van der Waals surface area contributed by atoms with E-state index in [1.807, 2.05) is 55.6 Å². The molecule has 2 aromatic carbocycles. The molecule has 0 saturated heterocycles. The van der Waals surface area contributed by atoms with Crippen LogP contribution in [0.25, 0.3) is 0 Å². The minimum absolute atomic E-state index is 0.00233. The van der Waals surface area contributed by atoms with E-state index in [0.717, 1.165) is 23.3 Å². The first-order valence-electron chi connectivity index (χ1n) is 13.3. The normalized spacial score (nSPS) is 11.1. The van der Waals surface area contributed by atoms with E-state index < -0.39 is 0 Å². The summed E-state index contributed by atoms with van der Waals surface area (Å²) in [5.74, 6) is -0.338. The van der Waals surface area contributed by atoms with Crippen LogP contribution >= 0.6 is 11.3 Å². The van der Waals surface area contributed by atoms with Crippen molar-refractivity contribution >= 4 is 23.2 Å². The Balaban J connectivity index is 1.72. The number of nitrogens with zero attached hydrogens (tertiary/aromatic N) is 2. The third kappa shape index (κ3) is 9.43. The summed E-state index contributed by atoms with van der Waals surface area (Å²) in [7, 11) is 0. The molecule has 0 bridgehead atoms. The summed E-state index contributed by atoms with van der Waals surface area (Å²) in [6, 6.07) is 18.0. The molecule has 2 amide bonds. The number of benzene rings is 2. The van der Waals surface area contributed by atoms with Crippen molar-refractivity contribution in [1.82, 2.24) is 9.80 Å². The molecular weight excluding hydrogens is 483 g/mol. The minimum Gasteiger partial charge on any atom is -0.332 e. The van der Waals surface area contributed by atoms with E-state index in [-0.39, 0.29) is 30.1 Å². The lowest BCUT2D eigenvalue weighted by Gasteiger charge is -2.29. The molecule has 198 valence electrons. The van der Waals surface area contributed by atoms with Gasteiger partial charge in [0.1, 0.15) is 12.4 Å². The average Bonchev–Trinajstić information content (AvgIpc) is 3.40. The first-order chi connectivity index (χ1) is 17.9. The molecule has 1 aromatic heterocycles. The van der Waals surface area contributed by atoms with Crippen LogP contribution in [0.4, 0.5) is 4.39 Å². The standard InChI is InChI=1S/C31H39FN2O2S/c1-4-5-6-7-9-25-11-15-27(16-12-25)31(36)34(20-24(2)3)23-30(35)33(22-29-10-8-19-37-29)21-26-13-17-28(32)18-14-26/h8,10-19,24H,4-7,9,20-23H2,1-3H3. The molecule has 3 aromatic rings. The van der Waals surface area contributed by atoms with Crippen molar-refractivity contribution in [3.8, 4) is 0 Å². The number of amides is 2. The lowest BCUT2D eigenvalue weighted by atomic mass is 10.0. The highest BCUT2D eigenvalue weighted by Gasteiger charge is 2.24. The molecule has 0 radical (unpaired) electrons. The summed E-state index contributed by atoms with van der Waals surface area (Å²) in [4.78, 5) is 31.5. The highest BCUT2D eigenvalue weighted by Crippen LogP contribution is 2.17. The highest BCUT2D eigenvalue weighted by molar-refractivity contribution is 7.09. The fourth-order valence-corrected chi connectivity index (χ4v) is 5.03. The first kappa shape index (κ1) is 28.6. The Morgan fingerprint density at radius 1 is 0.865 bits per heavy atom. The molecule has 0 N–H and O–H groups in total. The Hall–Kier alpha value is -2.99. The maximum absolute atomic E-state index is 13.6. The van der Waals surface area contributed by atoms with E-state index in [4.69, 9.17) is 0 Å². The molecule has 0 unspecified atom stereocenters. The summed E-state index contributed by atoms with van der Waals surface area (Å²) in [6.45, 7) is 7.60. The summed E-state index contributed by atoms with van der Waals surface area (Å²) < 4.78 is 13.4.